The van der Waals surface area contributed by atoms with Gasteiger partial charge in [-0.15, -0.1) is 0 Å². The highest BCUT2D eigenvalue weighted by Crippen LogP contribution is 2.37. The first-order chi connectivity index (χ1) is 16.1. The number of sulfonamides is 1. The normalized spacial score (nSPS) is 20.0. The number of nitrogens with zero attached hydrogens (tertiary/aromatic N) is 2. The molecule has 2 aromatic carbocycles. The number of ether oxygens (including phenoxy) is 1. The fourth-order valence-electron chi connectivity index (χ4n) is 5.50. The lowest BCUT2D eigenvalue weighted by Crippen LogP contribution is -2.44. The maximum absolute atomic E-state index is 13.6. The van der Waals surface area contributed by atoms with Crippen molar-refractivity contribution in [3.63, 3.8) is 0 Å². The average Bonchev–Trinajstić information content (AvgIpc) is 3.32. The van der Waals surface area contributed by atoms with E-state index in [2.05, 4.69) is 6.07 Å². The number of rotatable bonds is 5. The van der Waals surface area contributed by atoms with Gasteiger partial charge < -0.3 is 9.64 Å². The van der Waals surface area contributed by atoms with Crippen LogP contribution in [-0.2, 0) is 14.8 Å². The molecule has 4 rings (SSSR count). The van der Waals surface area contributed by atoms with E-state index >= 15 is 0 Å². The zero-order chi connectivity index (χ0) is 24.6. The third-order valence-electron chi connectivity index (χ3n) is 7.71. The maximum Gasteiger partial charge on any atom is 0.243 e. The first-order valence-corrected chi connectivity index (χ1v) is 13.6. The molecular weight excluding hydrogens is 448 g/mol. The molecular formula is C27H36N2O4S. The van der Waals surface area contributed by atoms with Gasteiger partial charge in [-0.2, -0.15) is 4.31 Å². The number of carbonyl (C=O) groups is 1. The number of amides is 1. The number of aryl methyl sites for hydroxylation is 2. The molecule has 2 saturated heterocycles. The Morgan fingerprint density at radius 1 is 0.941 bits per heavy atom. The predicted molar refractivity (Wildman–Crippen MR) is 134 cm³/mol. The quantitative estimate of drug-likeness (QED) is 0.617. The molecule has 2 aliphatic heterocycles. The largest absolute Gasteiger partial charge is 0.497 e. The first-order valence-electron chi connectivity index (χ1n) is 12.2. The predicted octanol–water partition coefficient (Wildman–Crippen LogP) is 4.69. The Morgan fingerprint density at radius 2 is 1.59 bits per heavy atom. The average molecular weight is 485 g/mol. The van der Waals surface area contributed by atoms with Gasteiger partial charge in [0.15, 0.2) is 0 Å². The molecule has 0 unspecified atom stereocenters. The Bertz CT molecular complexity index is 1160. The summed E-state index contributed by atoms with van der Waals surface area (Å²) in [6, 6.07) is 10.1. The smallest absolute Gasteiger partial charge is 0.243 e. The molecule has 0 aromatic heterocycles. The van der Waals surface area contributed by atoms with E-state index in [4.69, 9.17) is 4.74 Å². The molecule has 0 spiro atoms. The van der Waals surface area contributed by atoms with Crippen molar-refractivity contribution in [2.45, 2.75) is 64.3 Å². The summed E-state index contributed by atoms with van der Waals surface area (Å²) >= 11 is 0. The second-order valence-electron chi connectivity index (χ2n) is 9.73. The number of benzene rings is 2. The molecule has 0 N–H and O–H groups in total. The van der Waals surface area contributed by atoms with Crippen LogP contribution < -0.4 is 4.74 Å². The zero-order valence-electron chi connectivity index (χ0n) is 20.9. The molecule has 2 heterocycles. The van der Waals surface area contributed by atoms with E-state index in [1.807, 2.05) is 56.9 Å². The highest BCUT2D eigenvalue weighted by Gasteiger charge is 2.38. The summed E-state index contributed by atoms with van der Waals surface area (Å²) in [5.74, 6) is 0.813. The Morgan fingerprint density at radius 3 is 2.21 bits per heavy atom. The second-order valence-corrected chi connectivity index (χ2v) is 11.6. The Balaban J connectivity index is 1.48. The lowest BCUT2D eigenvalue weighted by atomic mass is 9.95. The molecule has 7 heteroatoms. The van der Waals surface area contributed by atoms with Gasteiger partial charge in [0, 0.05) is 25.6 Å². The first kappa shape index (κ1) is 24.7. The van der Waals surface area contributed by atoms with Crippen molar-refractivity contribution >= 4 is 15.9 Å². The van der Waals surface area contributed by atoms with Gasteiger partial charge in [0.05, 0.1) is 18.0 Å². The van der Waals surface area contributed by atoms with Crippen molar-refractivity contribution in [1.29, 1.82) is 0 Å². The molecule has 0 saturated carbocycles. The van der Waals surface area contributed by atoms with E-state index in [0.29, 0.717) is 30.8 Å². The lowest BCUT2D eigenvalue weighted by Gasteiger charge is -2.35. The van der Waals surface area contributed by atoms with Crippen molar-refractivity contribution in [3.8, 4) is 5.75 Å². The summed E-state index contributed by atoms with van der Waals surface area (Å²) in [6.45, 7) is 9.19. The topological polar surface area (TPSA) is 66.9 Å². The van der Waals surface area contributed by atoms with Crippen molar-refractivity contribution in [2.75, 3.05) is 26.7 Å². The number of likely N-dealkylation sites (tertiary alicyclic amines) is 1. The molecule has 0 aliphatic carbocycles. The van der Waals surface area contributed by atoms with Crippen molar-refractivity contribution in [1.82, 2.24) is 9.21 Å². The maximum atomic E-state index is 13.6. The summed E-state index contributed by atoms with van der Waals surface area (Å²) in [6.07, 6.45) is 3.04. The van der Waals surface area contributed by atoms with Crippen molar-refractivity contribution in [3.05, 3.63) is 58.1 Å². The van der Waals surface area contributed by atoms with Gasteiger partial charge >= 0.3 is 0 Å². The standard InChI is InChI=1S/C27H36N2O4S/c1-18-16-19(2)21(4)26(20(18)3)34(31,32)28-14-11-22(12-15-28)27(30)29-13-7-10-25(29)23-8-6-9-24(17-23)33-5/h6,8-9,16-17,22,25H,7,10-15H2,1-5H3/t25-/m0/s1. The Labute approximate surface area is 204 Å². The van der Waals surface area contributed by atoms with Crippen LogP contribution in [0.25, 0.3) is 0 Å². The molecule has 0 radical (unpaired) electrons. The van der Waals surface area contributed by atoms with Crippen LogP contribution in [-0.4, -0.2) is 50.3 Å². The van der Waals surface area contributed by atoms with E-state index in [-0.39, 0.29) is 17.9 Å². The van der Waals surface area contributed by atoms with Gasteiger partial charge in [0.1, 0.15) is 5.75 Å². The molecule has 2 aromatic rings. The van der Waals surface area contributed by atoms with Crippen LogP contribution in [0.2, 0.25) is 0 Å². The Hall–Kier alpha value is -2.38. The fraction of sp³-hybridized carbons (Fsp3) is 0.519. The summed E-state index contributed by atoms with van der Waals surface area (Å²) in [7, 11) is -1.95. The minimum absolute atomic E-state index is 0.0601. The van der Waals surface area contributed by atoms with Gasteiger partial charge in [-0.3, -0.25) is 4.79 Å². The van der Waals surface area contributed by atoms with E-state index in [1.165, 1.54) is 0 Å². The molecule has 2 aliphatic rings. The lowest BCUT2D eigenvalue weighted by molar-refractivity contribution is -0.137. The highest BCUT2D eigenvalue weighted by atomic mass is 32.2. The molecule has 34 heavy (non-hydrogen) atoms. The molecule has 184 valence electrons. The number of hydrogen-bond acceptors (Lipinski definition) is 4. The molecule has 2 fully saturated rings. The molecule has 6 nitrogen and oxygen atoms in total. The van der Waals surface area contributed by atoms with Gasteiger partial charge in [-0.05, 0) is 93.3 Å². The third-order valence-corrected chi connectivity index (χ3v) is 9.89. The molecule has 0 bridgehead atoms. The van der Waals surface area contributed by atoms with E-state index in [9.17, 15) is 13.2 Å². The molecule has 1 atom stereocenters. The van der Waals surface area contributed by atoms with Crippen LogP contribution >= 0.6 is 0 Å². The van der Waals surface area contributed by atoms with Crippen LogP contribution in [0, 0.1) is 33.6 Å². The zero-order valence-corrected chi connectivity index (χ0v) is 21.7. The number of methoxy groups -OCH3 is 1. The minimum atomic E-state index is -3.60. The number of piperidine rings is 1. The van der Waals surface area contributed by atoms with Crippen LogP contribution in [0.1, 0.15) is 59.5 Å². The highest BCUT2D eigenvalue weighted by molar-refractivity contribution is 7.89. The van der Waals surface area contributed by atoms with Crippen LogP contribution in [0.3, 0.4) is 0 Å². The van der Waals surface area contributed by atoms with Crippen molar-refractivity contribution in [2.24, 2.45) is 5.92 Å². The van der Waals surface area contributed by atoms with Gasteiger partial charge in [0.2, 0.25) is 15.9 Å². The van der Waals surface area contributed by atoms with Crippen molar-refractivity contribution < 1.29 is 17.9 Å². The Kier molecular flexibility index (Phi) is 7.06. The van der Waals surface area contributed by atoms with Gasteiger partial charge in [0.25, 0.3) is 0 Å². The third kappa shape index (κ3) is 4.48. The van der Waals surface area contributed by atoms with Crippen LogP contribution in [0.5, 0.6) is 5.75 Å². The van der Waals surface area contributed by atoms with Gasteiger partial charge in [-0.1, -0.05) is 18.2 Å². The SMILES string of the molecule is COc1cccc([C@@H]2CCCN2C(=O)C2CCN(S(=O)(=O)c3c(C)c(C)cc(C)c3C)CC2)c1. The van der Waals surface area contributed by atoms with E-state index in [1.54, 1.807) is 11.4 Å². The van der Waals surface area contributed by atoms with E-state index < -0.39 is 10.0 Å². The summed E-state index contributed by atoms with van der Waals surface area (Å²) in [5, 5.41) is 0. The summed E-state index contributed by atoms with van der Waals surface area (Å²) < 4.78 is 34.1. The number of hydrogen-bond donors (Lipinski definition) is 0. The summed E-state index contributed by atoms with van der Waals surface area (Å²) in [5.41, 5.74) is 4.72. The monoisotopic (exact) mass is 484 g/mol. The molecule has 1 amide bonds. The van der Waals surface area contributed by atoms with Crippen LogP contribution in [0.4, 0.5) is 0 Å². The second kappa shape index (κ2) is 9.70. The minimum Gasteiger partial charge on any atom is -0.497 e. The van der Waals surface area contributed by atoms with Gasteiger partial charge in [-0.25, -0.2) is 8.42 Å². The summed E-state index contributed by atoms with van der Waals surface area (Å²) in [4.78, 5) is 15.9. The van der Waals surface area contributed by atoms with E-state index in [0.717, 1.165) is 53.0 Å². The van der Waals surface area contributed by atoms with Crippen LogP contribution in [0.15, 0.2) is 35.2 Å². The number of carbonyl (C=O) groups excluding carboxylic acids is 1. The fourth-order valence-corrected chi connectivity index (χ4v) is 7.55.